The Kier molecular flexibility index (Phi) is 4.63. The van der Waals surface area contributed by atoms with Gasteiger partial charge < -0.3 is 5.11 Å². The van der Waals surface area contributed by atoms with E-state index < -0.39 is 53.9 Å². The molecule has 1 rings (SSSR count). The molecule has 16 heteroatoms. The van der Waals surface area contributed by atoms with Gasteiger partial charge in [-0.25, -0.2) is 5.43 Å². The fourth-order valence-corrected chi connectivity index (χ4v) is 1.99. The van der Waals surface area contributed by atoms with Gasteiger partial charge in [0, 0.05) is 6.21 Å². The first-order valence-electron chi connectivity index (χ1n) is 5.38. The molecule has 0 fully saturated rings. The predicted molar refractivity (Wildman–Crippen MR) is 50.2 cm³/mol. The molecule has 0 atom stereocenters. The fraction of sp³-hybridized carbons (Fsp3) is 0.875. The molecule has 0 unspecified atom stereocenters. The highest BCUT2D eigenvalue weighted by Crippen LogP contribution is 2.58. The summed E-state index contributed by atoms with van der Waals surface area (Å²) in [5, 5.41) is 6.15. The number of aliphatic hydroxyl groups excluding tert-OH is 1. The lowest BCUT2D eigenvalue weighted by Crippen LogP contribution is -2.79. The molecule has 0 radical (unpaired) electrons. The van der Waals surface area contributed by atoms with Crippen molar-refractivity contribution in [1.82, 2.24) is 10.4 Å². The van der Waals surface area contributed by atoms with E-state index in [0.29, 0.717) is 5.43 Å². The number of hydrogen-bond acceptors (Lipinski definition) is 4. The predicted octanol–water partition coefficient (Wildman–Crippen LogP) is 2.51. The lowest BCUT2D eigenvalue weighted by atomic mass is 9.97. The highest BCUT2D eigenvalue weighted by molar-refractivity contribution is 5.77. The fourth-order valence-electron chi connectivity index (χ4n) is 1.99. The number of nitrogens with zero attached hydrogens (tertiary/aromatic N) is 2. The Hall–Kier alpha value is -1.29. The number of hydrazine groups is 1. The lowest BCUT2D eigenvalue weighted by Gasteiger charge is -2.46. The molecule has 142 valence electrons. The summed E-state index contributed by atoms with van der Waals surface area (Å²) >= 11 is 0. The molecular weight excluding hydrogens is 382 g/mol. The molecule has 0 amide bonds. The van der Waals surface area contributed by atoms with E-state index in [2.05, 4.69) is 0 Å². The maximum atomic E-state index is 12.9. The molecule has 0 spiro atoms. The number of rotatable bonds is 2. The minimum atomic E-state index is -6.75. The molecule has 0 aromatic carbocycles. The van der Waals surface area contributed by atoms with Crippen LogP contribution in [-0.2, 0) is 0 Å². The quantitative estimate of drug-likeness (QED) is 0.566. The van der Waals surface area contributed by atoms with Crippen molar-refractivity contribution in [2.45, 2.75) is 35.9 Å². The van der Waals surface area contributed by atoms with E-state index in [1.165, 1.54) is 4.99 Å². The van der Waals surface area contributed by atoms with Crippen molar-refractivity contribution in [3.05, 3.63) is 0 Å². The smallest absolute Gasteiger partial charge is 0.380 e. The molecule has 0 aromatic rings. The first-order valence-corrected chi connectivity index (χ1v) is 5.38. The van der Waals surface area contributed by atoms with Crippen LogP contribution < -0.4 is 5.43 Å². The van der Waals surface area contributed by atoms with Crippen molar-refractivity contribution in [1.29, 1.82) is 0 Å². The Balaban J connectivity index is 3.86. The third-order valence-electron chi connectivity index (χ3n) is 3.00. The maximum absolute atomic E-state index is 12.9. The summed E-state index contributed by atoms with van der Waals surface area (Å²) in [7, 11) is 0. The van der Waals surface area contributed by atoms with E-state index in [4.69, 9.17) is 5.11 Å². The van der Waals surface area contributed by atoms with Crippen molar-refractivity contribution in [3.8, 4) is 0 Å². The van der Waals surface area contributed by atoms with Gasteiger partial charge in [0.1, 0.15) is 6.73 Å². The largest absolute Gasteiger partial charge is 0.437 e. The van der Waals surface area contributed by atoms with Gasteiger partial charge in [0.25, 0.3) is 5.54 Å². The third kappa shape index (κ3) is 2.50. The normalized spacial score (nSPS) is 22.2. The van der Waals surface area contributed by atoms with E-state index in [9.17, 15) is 52.7 Å². The Labute approximate surface area is 123 Å². The van der Waals surface area contributed by atoms with Gasteiger partial charge in [0.15, 0.2) is 0 Å². The van der Waals surface area contributed by atoms with Crippen molar-refractivity contribution >= 4 is 6.21 Å². The minimum absolute atomic E-state index is 0.436. The van der Waals surface area contributed by atoms with Gasteiger partial charge in [-0.2, -0.15) is 57.7 Å². The molecule has 1 heterocycles. The number of aliphatic imine (C=N–C) groups is 1. The first-order chi connectivity index (χ1) is 10.4. The lowest BCUT2D eigenvalue weighted by molar-refractivity contribution is -0.394. The monoisotopic (exact) mass is 387 g/mol. The van der Waals surface area contributed by atoms with E-state index >= 15 is 0 Å². The third-order valence-corrected chi connectivity index (χ3v) is 3.00. The van der Waals surface area contributed by atoms with Crippen molar-refractivity contribution in [2.75, 3.05) is 6.73 Å². The molecule has 4 nitrogen and oxygen atoms in total. The highest BCUT2D eigenvalue weighted by Gasteiger charge is 2.88. The molecule has 2 N–H and O–H groups in total. The van der Waals surface area contributed by atoms with Crippen LogP contribution in [0.5, 0.6) is 0 Å². The Morgan fingerprint density at radius 2 is 1.17 bits per heavy atom. The van der Waals surface area contributed by atoms with Crippen LogP contribution in [0.3, 0.4) is 0 Å². The SMILES string of the molecule is OCNN1C(C(F)(F)F)(C(F)(F)F)C=NC1(C(F)(F)F)C(F)(F)F. The van der Waals surface area contributed by atoms with Gasteiger partial charge in [-0.15, -0.1) is 0 Å². The Bertz CT molecular complexity index is 430. The van der Waals surface area contributed by atoms with Crippen molar-refractivity contribution in [3.63, 3.8) is 0 Å². The summed E-state index contributed by atoms with van der Waals surface area (Å²) in [5.41, 5.74) is -11.3. The summed E-state index contributed by atoms with van der Waals surface area (Å²) in [6.45, 7) is -2.11. The number of nitrogens with one attached hydrogen (secondary N) is 1. The molecule has 24 heavy (non-hydrogen) atoms. The zero-order chi connectivity index (χ0) is 19.4. The van der Waals surface area contributed by atoms with E-state index in [1.54, 1.807) is 0 Å². The molecule has 0 saturated heterocycles. The van der Waals surface area contributed by atoms with E-state index in [1.807, 2.05) is 0 Å². The summed E-state index contributed by atoms with van der Waals surface area (Å²) < 4.78 is 155. The highest BCUT2D eigenvalue weighted by atomic mass is 19.4. The summed E-state index contributed by atoms with van der Waals surface area (Å²) in [6.07, 6.45) is -28.4. The van der Waals surface area contributed by atoms with Crippen LogP contribution in [0, 0.1) is 0 Å². The molecule has 0 saturated carbocycles. The first kappa shape index (κ1) is 20.8. The van der Waals surface area contributed by atoms with Crippen LogP contribution in [0.25, 0.3) is 0 Å². The van der Waals surface area contributed by atoms with Crippen LogP contribution in [0.15, 0.2) is 4.99 Å². The number of aliphatic hydroxyl groups is 1. The second-order valence-electron chi connectivity index (χ2n) is 4.34. The summed E-state index contributed by atoms with van der Waals surface area (Å²) in [5.74, 6) is 0. The number of hydrogen-bond donors (Lipinski definition) is 2. The molecule has 0 aromatic heterocycles. The second-order valence-corrected chi connectivity index (χ2v) is 4.34. The van der Waals surface area contributed by atoms with Gasteiger partial charge in [-0.1, -0.05) is 0 Å². The van der Waals surface area contributed by atoms with Crippen molar-refractivity contribution in [2.24, 2.45) is 4.99 Å². The standard InChI is InChI=1S/C8H5F12N3O/c9-5(10,11)3(6(12,13)14)1-21-4(7(15,16)17,8(18,19)20)23(3)22-2-24/h1,22,24H,2H2. The second kappa shape index (κ2) is 5.35. The zero-order valence-electron chi connectivity index (χ0n) is 10.7. The van der Waals surface area contributed by atoms with Gasteiger partial charge in [0.2, 0.25) is 0 Å². The minimum Gasteiger partial charge on any atom is -0.380 e. The molecular formula is C8H5F12N3O. The maximum Gasteiger partial charge on any atom is 0.437 e. The Morgan fingerprint density at radius 1 is 0.792 bits per heavy atom. The van der Waals surface area contributed by atoms with Crippen LogP contribution >= 0.6 is 0 Å². The molecule has 1 aliphatic heterocycles. The van der Waals surface area contributed by atoms with Gasteiger partial charge >= 0.3 is 30.4 Å². The summed E-state index contributed by atoms with van der Waals surface area (Å²) in [6, 6.07) is 0. The zero-order valence-corrected chi connectivity index (χ0v) is 10.7. The van der Waals surface area contributed by atoms with Crippen LogP contribution in [-0.4, -0.2) is 59.0 Å². The average molecular weight is 387 g/mol. The summed E-state index contributed by atoms with van der Waals surface area (Å²) in [4.78, 5) is 1.53. The van der Waals surface area contributed by atoms with E-state index in [0.717, 1.165) is 0 Å². The van der Waals surface area contributed by atoms with Gasteiger partial charge in [-0.3, -0.25) is 4.99 Å². The molecule has 0 bridgehead atoms. The van der Waals surface area contributed by atoms with Crippen LogP contribution in [0.4, 0.5) is 52.7 Å². The van der Waals surface area contributed by atoms with E-state index in [-0.39, 0.29) is 0 Å². The topological polar surface area (TPSA) is 47.9 Å². The van der Waals surface area contributed by atoms with Gasteiger partial charge in [-0.05, 0) is 0 Å². The molecule has 0 aliphatic carbocycles. The van der Waals surface area contributed by atoms with Gasteiger partial charge in [0.05, 0.1) is 0 Å². The molecule has 1 aliphatic rings. The average Bonchev–Trinajstić information content (AvgIpc) is 2.63. The number of halogens is 12. The van der Waals surface area contributed by atoms with Crippen LogP contribution in [0.2, 0.25) is 0 Å². The van der Waals surface area contributed by atoms with Crippen molar-refractivity contribution < 1.29 is 57.8 Å². The number of alkyl halides is 12. The van der Waals surface area contributed by atoms with Crippen LogP contribution in [0.1, 0.15) is 0 Å². The Morgan fingerprint density at radius 3 is 1.42 bits per heavy atom.